The zero-order valence-corrected chi connectivity index (χ0v) is 32.4. The molecule has 3 aromatic carbocycles. The van der Waals surface area contributed by atoms with Crippen LogP contribution in [0.5, 0.6) is 0 Å². The summed E-state index contributed by atoms with van der Waals surface area (Å²) >= 11 is 1.12. The Labute approximate surface area is 333 Å². The van der Waals surface area contributed by atoms with Crippen LogP contribution < -0.4 is 9.80 Å². The van der Waals surface area contributed by atoms with Crippen LogP contribution in [-0.4, -0.2) is 73.2 Å². The summed E-state index contributed by atoms with van der Waals surface area (Å²) in [6, 6.07) is 16.1. The molecule has 0 saturated carbocycles. The fraction of sp³-hybridized carbons (Fsp3) is 0.278. The quantitative estimate of drug-likeness (QED) is 0.0866. The van der Waals surface area contributed by atoms with Crippen LogP contribution in [0.4, 0.5) is 46.9 Å². The van der Waals surface area contributed by atoms with E-state index in [1.807, 2.05) is 32.2 Å². The van der Waals surface area contributed by atoms with E-state index in [0.717, 1.165) is 58.6 Å². The van der Waals surface area contributed by atoms with Crippen LogP contribution in [-0.2, 0) is 39.7 Å². The summed E-state index contributed by atoms with van der Waals surface area (Å²) in [7, 11) is -2.82. The van der Waals surface area contributed by atoms with Crippen molar-refractivity contribution in [3.8, 4) is 0 Å². The zero-order chi connectivity index (χ0) is 39.5. The number of rotatable bonds is 8. The number of aromatic carboxylic acids is 1. The Bertz CT molecular complexity index is 2460. The maximum absolute atomic E-state index is 12.9. The number of nitrogens with zero attached hydrogens (tertiary/aromatic N) is 8. The normalized spacial score (nSPS) is 14.2. The molecule has 0 fully saturated rings. The number of hydrogen-bond acceptors (Lipinski definition) is 13. The molecule has 14 nitrogen and oxygen atoms in total. The van der Waals surface area contributed by atoms with Crippen LogP contribution in [0.15, 0.2) is 86.0 Å². The minimum Gasteiger partial charge on any atom is -0.478 e. The number of azo groups is 2. The zero-order valence-electron chi connectivity index (χ0n) is 29.7. The Morgan fingerprint density at radius 2 is 1.62 bits per heavy atom. The Balaban J connectivity index is 0.000000222. The van der Waals surface area contributed by atoms with Gasteiger partial charge in [0.15, 0.2) is 5.82 Å². The monoisotopic (exact) mass is 853 g/mol. The molecule has 0 unspecified atom stereocenters. The van der Waals surface area contributed by atoms with E-state index in [0.29, 0.717) is 52.0 Å². The van der Waals surface area contributed by atoms with E-state index < -0.39 is 33.7 Å². The Morgan fingerprint density at radius 3 is 2.30 bits per heavy atom. The molecule has 7 rings (SSSR count). The maximum Gasteiger partial charge on any atom is 0.405 e. The van der Waals surface area contributed by atoms with Crippen LogP contribution in [0, 0.1) is 6.92 Å². The number of thiazole rings is 1. The van der Waals surface area contributed by atoms with Crippen LogP contribution >= 0.6 is 11.3 Å². The number of aromatic nitrogens is 2. The van der Waals surface area contributed by atoms with Crippen molar-refractivity contribution in [1.29, 1.82) is 0 Å². The molecule has 1 radical (unpaired) electrons. The molecule has 2 N–H and O–H groups in total. The number of halogens is 3. The summed E-state index contributed by atoms with van der Waals surface area (Å²) in [6.07, 6.45) is -0.943. The molecule has 295 valence electrons. The molecular formula is C36H33CoF3N8O6S2. The third-order valence-electron chi connectivity index (χ3n) is 8.72. The first-order chi connectivity index (χ1) is 26.1. The standard InChI is InChI=1S/C19H15F3N4O4S2.C17H18N4O2.Co/c20-19(21,22)10-26-5-1-2-12-7-14(17(8-15(12)26)32(28,29)30)24-25-18-23-13-4-3-11(9-27)6-16(13)31-18;1-11-5-3-7-16(18-11)20-19-14-9-12-6-4-8-21(2)15(12)10-13(14)17(22)23;/h3-4,6-9H,1-2,5,10H2,(H,28,29,30);3,5,7,9-10H,4,6,8H2,1-2H3,(H,22,23);. The van der Waals surface area contributed by atoms with Crippen molar-refractivity contribution in [2.75, 3.05) is 36.5 Å². The summed E-state index contributed by atoms with van der Waals surface area (Å²) < 4.78 is 72.9. The molecule has 4 heterocycles. The summed E-state index contributed by atoms with van der Waals surface area (Å²) in [5.41, 5.74) is 4.82. The van der Waals surface area contributed by atoms with Gasteiger partial charge in [-0.3, -0.25) is 9.35 Å². The minimum atomic E-state index is -4.79. The van der Waals surface area contributed by atoms with Crippen molar-refractivity contribution < 1.29 is 57.6 Å². The number of alkyl halides is 3. The van der Waals surface area contributed by atoms with Gasteiger partial charge in [-0.25, -0.2) is 14.8 Å². The average molecular weight is 854 g/mol. The third-order valence-corrected chi connectivity index (χ3v) is 10.5. The SMILES string of the molecule is Cc1cccc(N=Nc2cc3c(cc2C(=O)O)N(C)CCC3)n1.O=Cc1ccc2nc(N=Nc3cc4c(cc3S(=O)(=O)O)N(CC(F)(F)F)CCC4)sc2c1.[Co]. The van der Waals surface area contributed by atoms with Crippen LogP contribution in [0.1, 0.15) is 50.4 Å². The summed E-state index contributed by atoms with van der Waals surface area (Å²) in [5.74, 6) is -0.533. The number of aryl methyl sites for hydroxylation is 3. The van der Waals surface area contributed by atoms with Crippen molar-refractivity contribution in [2.24, 2.45) is 20.5 Å². The van der Waals surface area contributed by atoms with Crippen molar-refractivity contribution in [1.82, 2.24) is 9.97 Å². The fourth-order valence-electron chi connectivity index (χ4n) is 6.23. The van der Waals surface area contributed by atoms with Gasteiger partial charge in [-0.2, -0.15) is 21.6 Å². The van der Waals surface area contributed by atoms with E-state index >= 15 is 0 Å². The minimum absolute atomic E-state index is 0. The van der Waals surface area contributed by atoms with E-state index in [4.69, 9.17) is 0 Å². The van der Waals surface area contributed by atoms with Gasteiger partial charge in [-0.1, -0.05) is 17.4 Å². The number of anilines is 2. The number of fused-ring (bicyclic) bond motifs is 3. The van der Waals surface area contributed by atoms with Gasteiger partial charge in [0.05, 0.1) is 15.8 Å². The summed E-state index contributed by atoms with van der Waals surface area (Å²) in [5, 5.41) is 25.7. The predicted octanol–water partition coefficient (Wildman–Crippen LogP) is 8.97. The topological polar surface area (TPSA) is 190 Å². The van der Waals surface area contributed by atoms with E-state index in [-0.39, 0.29) is 45.4 Å². The molecule has 0 bridgehead atoms. The number of hydrogen-bond donors (Lipinski definition) is 2. The Hall–Kier alpha value is -5.15. The van der Waals surface area contributed by atoms with Gasteiger partial charge >= 0.3 is 12.1 Å². The molecule has 2 aliphatic heterocycles. The number of carbonyl (C=O) groups is 2. The first-order valence-electron chi connectivity index (χ1n) is 16.8. The van der Waals surface area contributed by atoms with Crippen LogP contribution in [0.2, 0.25) is 0 Å². The Morgan fingerprint density at radius 1 is 0.929 bits per heavy atom. The largest absolute Gasteiger partial charge is 0.478 e. The molecule has 56 heavy (non-hydrogen) atoms. The van der Waals surface area contributed by atoms with Gasteiger partial charge in [0.2, 0.25) is 5.13 Å². The third kappa shape index (κ3) is 10.2. The van der Waals surface area contributed by atoms with Gasteiger partial charge in [-0.15, -0.1) is 20.5 Å². The number of aldehydes is 1. The number of carboxylic acids is 1. The molecule has 2 aromatic heterocycles. The van der Waals surface area contributed by atoms with Gasteiger partial charge < -0.3 is 14.9 Å². The van der Waals surface area contributed by atoms with E-state index in [1.54, 1.807) is 30.3 Å². The number of carbonyl (C=O) groups excluding carboxylic acids is 1. The molecule has 0 spiro atoms. The van der Waals surface area contributed by atoms with Crippen LogP contribution in [0.3, 0.4) is 0 Å². The number of pyridine rings is 1. The fourth-order valence-corrected chi connectivity index (χ4v) is 7.69. The molecule has 0 saturated heterocycles. The Kier molecular flexibility index (Phi) is 13.0. The van der Waals surface area contributed by atoms with Crippen molar-refractivity contribution in [3.05, 3.63) is 88.6 Å². The number of carboxylic acid groups (broad SMARTS) is 1. The second-order valence-electron chi connectivity index (χ2n) is 12.8. The van der Waals surface area contributed by atoms with Crippen molar-refractivity contribution in [3.63, 3.8) is 0 Å². The first kappa shape index (κ1) is 42.0. The van der Waals surface area contributed by atoms with Crippen LogP contribution in [0.25, 0.3) is 10.2 Å². The summed E-state index contributed by atoms with van der Waals surface area (Å²) in [4.78, 5) is 33.4. The number of benzene rings is 3. The second-order valence-corrected chi connectivity index (χ2v) is 15.2. The van der Waals surface area contributed by atoms with Gasteiger partial charge in [-0.05, 0) is 98.3 Å². The average Bonchev–Trinajstić information content (AvgIpc) is 3.54. The summed E-state index contributed by atoms with van der Waals surface area (Å²) in [6.45, 7) is 1.67. The smallest absolute Gasteiger partial charge is 0.405 e. The molecule has 2 aliphatic rings. The van der Waals surface area contributed by atoms with Gasteiger partial charge in [0, 0.05) is 59.5 Å². The maximum atomic E-state index is 12.9. The molecular weight excluding hydrogens is 821 g/mol. The molecule has 0 aliphatic carbocycles. The molecule has 5 aromatic rings. The van der Waals surface area contributed by atoms with Crippen molar-refractivity contribution >= 4 is 77.6 Å². The van der Waals surface area contributed by atoms with E-state index in [9.17, 15) is 40.8 Å². The van der Waals surface area contributed by atoms with Gasteiger partial charge in [0.1, 0.15) is 29.1 Å². The molecule has 0 amide bonds. The molecule has 0 atom stereocenters. The first-order valence-corrected chi connectivity index (χ1v) is 19.0. The van der Waals surface area contributed by atoms with E-state index in [1.165, 1.54) is 6.07 Å². The predicted molar refractivity (Wildman–Crippen MR) is 200 cm³/mol. The second kappa shape index (κ2) is 17.3. The van der Waals surface area contributed by atoms with Gasteiger partial charge in [0.25, 0.3) is 10.1 Å². The van der Waals surface area contributed by atoms with Crippen molar-refractivity contribution in [2.45, 2.75) is 43.7 Å². The van der Waals surface area contributed by atoms with E-state index in [2.05, 4.69) is 35.3 Å². The molecule has 20 heteroatoms.